The Bertz CT molecular complexity index is 410. The molecule has 0 saturated carbocycles. The Labute approximate surface area is 97.5 Å². The third-order valence-electron chi connectivity index (χ3n) is 2.06. The normalized spacial score (nSPS) is 10.4. The molecule has 1 rings (SSSR count). The molecule has 1 aromatic carbocycles. The van der Waals surface area contributed by atoms with Crippen LogP contribution in [0.15, 0.2) is 12.1 Å². The fourth-order valence-electron chi connectivity index (χ4n) is 1.26. The van der Waals surface area contributed by atoms with E-state index in [9.17, 15) is 13.6 Å². The maximum absolute atomic E-state index is 13.5. The lowest BCUT2D eigenvalue weighted by atomic mass is 10.1. The van der Waals surface area contributed by atoms with Crippen LogP contribution in [-0.4, -0.2) is 26.9 Å². The second-order valence-electron chi connectivity index (χ2n) is 3.30. The Hall–Kier alpha value is -1.53. The summed E-state index contributed by atoms with van der Waals surface area (Å²) < 4.78 is 36.2. The minimum atomic E-state index is -0.799. The van der Waals surface area contributed by atoms with Gasteiger partial charge in [-0.2, -0.15) is 0 Å². The van der Waals surface area contributed by atoms with E-state index in [0.717, 1.165) is 12.1 Å². The van der Waals surface area contributed by atoms with E-state index in [4.69, 9.17) is 4.74 Å². The van der Waals surface area contributed by atoms with Crippen LogP contribution in [0.1, 0.15) is 15.9 Å². The standard InChI is InChI=1S/C11H13F2NO3/c1-16-5-7-3-10(13)8(4-9(7)12)11(15)14-6-17-2/h3-4H,5-6H2,1-2H3,(H,14,15). The highest BCUT2D eigenvalue weighted by molar-refractivity contribution is 5.94. The van der Waals surface area contributed by atoms with Crippen molar-refractivity contribution in [1.29, 1.82) is 0 Å². The number of halogens is 2. The Morgan fingerprint density at radius 1 is 1.24 bits per heavy atom. The van der Waals surface area contributed by atoms with Crippen molar-refractivity contribution in [3.63, 3.8) is 0 Å². The molecule has 0 fully saturated rings. The summed E-state index contributed by atoms with van der Waals surface area (Å²) in [6.07, 6.45) is 0. The molecule has 1 amide bonds. The van der Waals surface area contributed by atoms with Gasteiger partial charge >= 0.3 is 0 Å². The lowest BCUT2D eigenvalue weighted by Gasteiger charge is -2.08. The van der Waals surface area contributed by atoms with Gasteiger partial charge in [0.1, 0.15) is 18.4 Å². The Balaban J connectivity index is 2.94. The van der Waals surface area contributed by atoms with E-state index >= 15 is 0 Å². The molecule has 94 valence electrons. The summed E-state index contributed by atoms with van der Waals surface area (Å²) in [6, 6.07) is 1.79. The van der Waals surface area contributed by atoms with Crippen molar-refractivity contribution in [2.75, 3.05) is 21.0 Å². The number of carbonyl (C=O) groups excluding carboxylic acids is 1. The van der Waals surface area contributed by atoms with Crippen LogP contribution >= 0.6 is 0 Å². The molecule has 0 bridgehead atoms. The number of hydrogen-bond donors (Lipinski definition) is 1. The maximum atomic E-state index is 13.5. The second kappa shape index (κ2) is 6.27. The van der Waals surface area contributed by atoms with E-state index in [2.05, 4.69) is 10.1 Å². The molecule has 0 heterocycles. The summed E-state index contributed by atoms with van der Waals surface area (Å²) in [5.74, 6) is -2.21. The molecule has 1 N–H and O–H groups in total. The largest absolute Gasteiger partial charge is 0.380 e. The molecule has 0 unspecified atom stereocenters. The van der Waals surface area contributed by atoms with Crippen molar-refractivity contribution in [3.8, 4) is 0 Å². The molecule has 0 atom stereocenters. The minimum Gasteiger partial charge on any atom is -0.380 e. The zero-order valence-electron chi connectivity index (χ0n) is 9.55. The van der Waals surface area contributed by atoms with Crippen LogP contribution in [0.25, 0.3) is 0 Å². The third kappa shape index (κ3) is 3.47. The number of benzene rings is 1. The molecule has 0 aliphatic carbocycles. The summed E-state index contributed by atoms with van der Waals surface area (Å²) >= 11 is 0. The topological polar surface area (TPSA) is 47.6 Å². The summed E-state index contributed by atoms with van der Waals surface area (Å²) in [7, 11) is 2.75. The first-order valence-electron chi connectivity index (χ1n) is 4.84. The van der Waals surface area contributed by atoms with Crippen LogP contribution in [0.2, 0.25) is 0 Å². The fraction of sp³-hybridized carbons (Fsp3) is 0.364. The van der Waals surface area contributed by atoms with Crippen molar-refractivity contribution >= 4 is 5.91 Å². The van der Waals surface area contributed by atoms with Gasteiger partial charge in [-0.25, -0.2) is 8.78 Å². The van der Waals surface area contributed by atoms with E-state index in [1.807, 2.05) is 0 Å². The number of rotatable bonds is 5. The average Bonchev–Trinajstić information content (AvgIpc) is 2.30. The molecule has 4 nitrogen and oxygen atoms in total. The SMILES string of the molecule is COCNC(=O)c1cc(F)c(COC)cc1F. The number of amides is 1. The molecule has 17 heavy (non-hydrogen) atoms. The van der Waals surface area contributed by atoms with Crippen molar-refractivity contribution in [2.45, 2.75) is 6.61 Å². The summed E-state index contributed by atoms with van der Waals surface area (Å²) in [5, 5.41) is 2.27. The van der Waals surface area contributed by atoms with E-state index < -0.39 is 17.5 Å². The van der Waals surface area contributed by atoms with Crippen LogP contribution in [-0.2, 0) is 16.1 Å². The minimum absolute atomic E-state index is 0.0529. The van der Waals surface area contributed by atoms with Gasteiger partial charge in [-0.15, -0.1) is 0 Å². The van der Waals surface area contributed by atoms with Crippen LogP contribution < -0.4 is 5.32 Å². The zero-order chi connectivity index (χ0) is 12.8. The zero-order valence-corrected chi connectivity index (χ0v) is 9.55. The number of ether oxygens (including phenoxy) is 2. The van der Waals surface area contributed by atoms with Crippen molar-refractivity contribution in [1.82, 2.24) is 5.32 Å². The van der Waals surface area contributed by atoms with Crippen molar-refractivity contribution < 1.29 is 23.0 Å². The first kappa shape index (κ1) is 13.5. The second-order valence-corrected chi connectivity index (χ2v) is 3.30. The van der Waals surface area contributed by atoms with Gasteiger partial charge in [0, 0.05) is 19.8 Å². The summed E-state index contributed by atoms with van der Waals surface area (Å²) in [5.41, 5.74) is -0.298. The molecule has 0 spiro atoms. The van der Waals surface area contributed by atoms with Gasteiger partial charge in [-0.3, -0.25) is 4.79 Å². The highest BCUT2D eigenvalue weighted by Gasteiger charge is 2.15. The highest BCUT2D eigenvalue weighted by atomic mass is 19.1. The quantitative estimate of drug-likeness (QED) is 0.798. The highest BCUT2D eigenvalue weighted by Crippen LogP contribution is 2.15. The molecular weight excluding hydrogens is 232 g/mol. The Morgan fingerprint density at radius 3 is 2.53 bits per heavy atom. The van der Waals surface area contributed by atoms with Crippen LogP contribution in [0, 0.1) is 11.6 Å². The number of methoxy groups -OCH3 is 2. The van der Waals surface area contributed by atoms with E-state index in [0.29, 0.717) is 0 Å². The number of nitrogens with one attached hydrogen (secondary N) is 1. The number of carbonyl (C=O) groups is 1. The van der Waals surface area contributed by atoms with Gasteiger partial charge < -0.3 is 14.8 Å². The van der Waals surface area contributed by atoms with Crippen molar-refractivity contribution in [2.24, 2.45) is 0 Å². The lowest BCUT2D eigenvalue weighted by Crippen LogP contribution is -2.26. The van der Waals surface area contributed by atoms with E-state index in [1.54, 1.807) is 0 Å². The third-order valence-corrected chi connectivity index (χ3v) is 2.06. The predicted octanol–water partition coefficient (Wildman–Crippen LogP) is 1.44. The first-order chi connectivity index (χ1) is 8.10. The predicted molar refractivity (Wildman–Crippen MR) is 56.4 cm³/mol. The lowest BCUT2D eigenvalue weighted by molar-refractivity contribution is 0.0867. The van der Waals surface area contributed by atoms with Gasteiger partial charge in [0.2, 0.25) is 0 Å². The van der Waals surface area contributed by atoms with Gasteiger partial charge in [0.25, 0.3) is 5.91 Å². The van der Waals surface area contributed by atoms with Gasteiger partial charge in [0.05, 0.1) is 12.2 Å². The van der Waals surface area contributed by atoms with Gasteiger partial charge in [0.15, 0.2) is 0 Å². The van der Waals surface area contributed by atoms with E-state index in [1.165, 1.54) is 14.2 Å². The fourth-order valence-corrected chi connectivity index (χ4v) is 1.26. The molecule has 1 aromatic rings. The molecule has 0 aliphatic rings. The molecule has 0 saturated heterocycles. The Kier molecular flexibility index (Phi) is 4.99. The summed E-state index contributed by atoms with van der Waals surface area (Å²) in [4.78, 5) is 11.4. The molecule has 0 aromatic heterocycles. The average molecular weight is 245 g/mol. The number of hydrogen-bond acceptors (Lipinski definition) is 3. The molecule has 6 heteroatoms. The van der Waals surface area contributed by atoms with Crippen LogP contribution in [0.5, 0.6) is 0 Å². The van der Waals surface area contributed by atoms with Crippen LogP contribution in [0.3, 0.4) is 0 Å². The van der Waals surface area contributed by atoms with Crippen molar-refractivity contribution in [3.05, 3.63) is 34.9 Å². The monoisotopic (exact) mass is 245 g/mol. The molecule has 0 aliphatic heterocycles. The summed E-state index contributed by atoms with van der Waals surface area (Å²) in [6.45, 7) is -0.123. The molecule has 0 radical (unpaired) electrons. The van der Waals surface area contributed by atoms with Gasteiger partial charge in [-0.05, 0) is 12.1 Å². The van der Waals surface area contributed by atoms with E-state index in [-0.39, 0.29) is 24.5 Å². The maximum Gasteiger partial charge on any atom is 0.256 e. The van der Waals surface area contributed by atoms with Gasteiger partial charge in [-0.1, -0.05) is 0 Å². The molecular formula is C11H13F2NO3. The Morgan fingerprint density at radius 2 is 1.94 bits per heavy atom. The smallest absolute Gasteiger partial charge is 0.256 e. The first-order valence-corrected chi connectivity index (χ1v) is 4.84. The van der Waals surface area contributed by atoms with Crippen LogP contribution in [0.4, 0.5) is 8.78 Å².